The molecule has 2 heteroatoms. The van der Waals surface area contributed by atoms with Crippen molar-refractivity contribution in [2.45, 2.75) is 39.2 Å². The van der Waals surface area contributed by atoms with Crippen LogP contribution >= 0.6 is 11.3 Å². The van der Waals surface area contributed by atoms with Gasteiger partial charge in [0.2, 0.25) is 0 Å². The number of aliphatic hydroxyl groups is 1. The smallest absolute Gasteiger partial charge is 0.0563 e. The van der Waals surface area contributed by atoms with E-state index in [9.17, 15) is 5.11 Å². The fourth-order valence-electron chi connectivity index (χ4n) is 1.27. The largest absolute Gasteiger partial charge is 0.393 e. The maximum Gasteiger partial charge on any atom is 0.0563 e. The van der Waals surface area contributed by atoms with Crippen LogP contribution in [0.2, 0.25) is 0 Å². The number of rotatable bonds is 5. The van der Waals surface area contributed by atoms with Crippen molar-refractivity contribution in [3.8, 4) is 0 Å². The van der Waals surface area contributed by atoms with E-state index in [1.54, 1.807) is 11.3 Å². The summed E-state index contributed by atoms with van der Waals surface area (Å²) in [7, 11) is 0. The van der Waals surface area contributed by atoms with Crippen molar-refractivity contribution in [2.24, 2.45) is 5.92 Å². The van der Waals surface area contributed by atoms with Crippen LogP contribution in [-0.2, 0) is 6.42 Å². The molecule has 1 unspecified atom stereocenters. The molecule has 0 radical (unpaired) electrons. The summed E-state index contributed by atoms with van der Waals surface area (Å²) in [5, 5.41) is 11.7. The lowest BCUT2D eigenvalue weighted by Gasteiger charge is -2.13. The summed E-state index contributed by atoms with van der Waals surface area (Å²) in [6, 6.07) is 4.24. The Morgan fingerprint density at radius 2 is 2.23 bits per heavy atom. The average Bonchev–Trinajstić information content (AvgIpc) is 2.56. The van der Waals surface area contributed by atoms with Crippen molar-refractivity contribution in [2.75, 3.05) is 0 Å². The fourth-order valence-corrected chi connectivity index (χ4v) is 2.02. The van der Waals surface area contributed by atoms with E-state index in [1.165, 1.54) is 4.88 Å². The van der Waals surface area contributed by atoms with Gasteiger partial charge in [-0.1, -0.05) is 19.9 Å². The van der Waals surface area contributed by atoms with Crippen LogP contribution in [0.5, 0.6) is 0 Å². The standard InChI is InChI=1S/C11H18OS/c1-9(2)11(12)7-3-5-10-6-4-8-13-10/h4,6,8-9,11-12H,3,5,7H2,1-2H3. The van der Waals surface area contributed by atoms with Gasteiger partial charge in [-0.2, -0.15) is 0 Å². The number of aryl methyl sites for hydroxylation is 1. The first-order valence-corrected chi connectivity index (χ1v) is 5.78. The topological polar surface area (TPSA) is 20.2 Å². The molecule has 0 saturated heterocycles. The highest BCUT2D eigenvalue weighted by molar-refractivity contribution is 7.09. The molecule has 0 saturated carbocycles. The zero-order valence-electron chi connectivity index (χ0n) is 8.36. The van der Waals surface area contributed by atoms with Gasteiger partial charge in [-0.3, -0.25) is 0 Å². The zero-order valence-corrected chi connectivity index (χ0v) is 9.18. The fraction of sp³-hybridized carbons (Fsp3) is 0.636. The van der Waals surface area contributed by atoms with Crippen LogP contribution in [0.1, 0.15) is 31.6 Å². The second kappa shape index (κ2) is 5.40. The van der Waals surface area contributed by atoms with E-state index in [-0.39, 0.29) is 6.10 Å². The van der Waals surface area contributed by atoms with Crippen molar-refractivity contribution in [1.29, 1.82) is 0 Å². The highest BCUT2D eigenvalue weighted by Gasteiger charge is 2.08. The van der Waals surface area contributed by atoms with E-state index in [4.69, 9.17) is 0 Å². The van der Waals surface area contributed by atoms with Crippen LogP contribution in [0.25, 0.3) is 0 Å². The van der Waals surface area contributed by atoms with Gasteiger partial charge in [-0.05, 0) is 36.6 Å². The van der Waals surface area contributed by atoms with Crippen LogP contribution in [0.15, 0.2) is 17.5 Å². The number of aliphatic hydroxyl groups excluding tert-OH is 1. The molecular weight excluding hydrogens is 180 g/mol. The normalized spacial score (nSPS) is 13.5. The molecule has 1 aromatic heterocycles. The SMILES string of the molecule is CC(C)C(O)CCCc1cccs1. The summed E-state index contributed by atoms with van der Waals surface area (Å²) in [6.07, 6.45) is 3.01. The van der Waals surface area contributed by atoms with Crippen molar-refractivity contribution in [3.63, 3.8) is 0 Å². The van der Waals surface area contributed by atoms with Gasteiger partial charge in [0.05, 0.1) is 6.10 Å². The highest BCUT2D eigenvalue weighted by atomic mass is 32.1. The maximum atomic E-state index is 9.56. The summed E-state index contributed by atoms with van der Waals surface area (Å²) < 4.78 is 0. The van der Waals surface area contributed by atoms with Crippen LogP contribution in [0.3, 0.4) is 0 Å². The second-order valence-corrected chi connectivity index (χ2v) is 4.82. The van der Waals surface area contributed by atoms with E-state index in [1.807, 2.05) is 0 Å². The van der Waals surface area contributed by atoms with Crippen LogP contribution in [-0.4, -0.2) is 11.2 Å². The van der Waals surface area contributed by atoms with Gasteiger partial charge >= 0.3 is 0 Å². The average molecular weight is 198 g/mol. The van der Waals surface area contributed by atoms with Crippen LogP contribution in [0.4, 0.5) is 0 Å². The van der Waals surface area contributed by atoms with Gasteiger partial charge in [0, 0.05) is 4.88 Å². The van der Waals surface area contributed by atoms with Gasteiger partial charge in [0.15, 0.2) is 0 Å². The molecule has 0 aliphatic carbocycles. The predicted molar refractivity (Wildman–Crippen MR) is 58.1 cm³/mol. The van der Waals surface area contributed by atoms with E-state index in [2.05, 4.69) is 31.4 Å². The van der Waals surface area contributed by atoms with E-state index < -0.39 is 0 Å². The monoisotopic (exact) mass is 198 g/mol. The van der Waals surface area contributed by atoms with Gasteiger partial charge in [-0.15, -0.1) is 11.3 Å². The third-order valence-electron chi connectivity index (χ3n) is 2.27. The minimum Gasteiger partial charge on any atom is -0.393 e. The van der Waals surface area contributed by atoms with E-state index in [0.29, 0.717) is 5.92 Å². The summed E-state index contributed by atoms with van der Waals surface area (Å²) in [6.45, 7) is 4.13. The molecule has 1 aromatic rings. The van der Waals surface area contributed by atoms with Gasteiger partial charge < -0.3 is 5.11 Å². The molecule has 0 aliphatic rings. The molecular formula is C11H18OS. The molecule has 0 fully saturated rings. The summed E-state index contributed by atoms with van der Waals surface area (Å²) >= 11 is 1.80. The molecule has 0 bridgehead atoms. The van der Waals surface area contributed by atoms with Crippen LogP contribution in [0, 0.1) is 5.92 Å². The lowest BCUT2D eigenvalue weighted by Crippen LogP contribution is -2.14. The van der Waals surface area contributed by atoms with Gasteiger partial charge in [0.25, 0.3) is 0 Å². The number of thiophene rings is 1. The Kier molecular flexibility index (Phi) is 4.46. The van der Waals surface area contributed by atoms with Crippen molar-refractivity contribution in [1.82, 2.24) is 0 Å². The third kappa shape index (κ3) is 3.92. The van der Waals surface area contributed by atoms with Crippen molar-refractivity contribution in [3.05, 3.63) is 22.4 Å². The molecule has 1 N–H and O–H groups in total. The van der Waals surface area contributed by atoms with Crippen LogP contribution < -0.4 is 0 Å². The molecule has 1 atom stereocenters. The Labute approximate surface area is 84.4 Å². The molecule has 74 valence electrons. The minimum atomic E-state index is -0.125. The number of hydrogen-bond donors (Lipinski definition) is 1. The molecule has 1 rings (SSSR count). The molecule has 13 heavy (non-hydrogen) atoms. The minimum absolute atomic E-state index is 0.125. The van der Waals surface area contributed by atoms with Crippen molar-refractivity contribution >= 4 is 11.3 Å². The van der Waals surface area contributed by atoms with Gasteiger partial charge in [-0.25, -0.2) is 0 Å². The first-order chi connectivity index (χ1) is 6.20. The molecule has 1 nitrogen and oxygen atoms in total. The Morgan fingerprint density at radius 1 is 1.46 bits per heavy atom. The molecule has 0 spiro atoms. The predicted octanol–water partition coefficient (Wildman–Crippen LogP) is 3.09. The third-order valence-corrected chi connectivity index (χ3v) is 3.21. The Bertz CT molecular complexity index is 216. The second-order valence-electron chi connectivity index (χ2n) is 3.78. The summed E-state index contributed by atoms with van der Waals surface area (Å²) in [4.78, 5) is 1.43. The molecule has 1 heterocycles. The Balaban J connectivity index is 2.14. The zero-order chi connectivity index (χ0) is 9.68. The number of hydrogen-bond acceptors (Lipinski definition) is 2. The summed E-state index contributed by atoms with van der Waals surface area (Å²) in [5.74, 6) is 0.392. The molecule has 0 amide bonds. The highest BCUT2D eigenvalue weighted by Crippen LogP contribution is 2.14. The maximum absolute atomic E-state index is 9.56. The van der Waals surface area contributed by atoms with Gasteiger partial charge in [0.1, 0.15) is 0 Å². The Hall–Kier alpha value is -0.340. The Morgan fingerprint density at radius 3 is 2.77 bits per heavy atom. The van der Waals surface area contributed by atoms with Crippen molar-refractivity contribution < 1.29 is 5.11 Å². The summed E-state index contributed by atoms with van der Waals surface area (Å²) in [5.41, 5.74) is 0. The lowest BCUT2D eigenvalue weighted by atomic mass is 10.0. The molecule has 0 aliphatic heterocycles. The van der Waals surface area contributed by atoms with E-state index >= 15 is 0 Å². The first-order valence-electron chi connectivity index (χ1n) is 4.90. The quantitative estimate of drug-likeness (QED) is 0.771. The molecule has 0 aromatic carbocycles. The van der Waals surface area contributed by atoms with E-state index in [0.717, 1.165) is 19.3 Å². The first kappa shape index (κ1) is 10.7. The lowest BCUT2D eigenvalue weighted by molar-refractivity contribution is 0.114.